The van der Waals surface area contributed by atoms with Crippen LogP contribution in [0.1, 0.15) is 30.6 Å². The zero-order chi connectivity index (χ0) is 13.8. The summed E-state index contributed by atoms with van der Waals surface area (Å²) >= 11 is 0. The molecule has 0 radical (unpaired) electrons. The SMILES string of the molecule is COc1ccc2c(C(=O)NCCC(C)C)c[nH]c2c1. The molecule has 2 aromatic rings. The smallest absolute Gasteiger partial charge is 0.253 e. The Hall–Kier alpha value is -1.97. The molecule has 0 bridgehead atoms. The van der Waals surface area contributed by atoms with Crippen LogP contribution < -0.4 is 10.1 Å². The standard InChI is InChI=1S/C15H20N2O2/c1-10(2)6-7-16-15(18)13-9-17-14-8-11(19-3)4-5-12(13)14/h4-5,8-10,17H,6-7H2,1-3H3,(H,16,18). The maximum Gasteiger partial charge on any atom is 0.253 e. The van der Waals surface area contributed by atoms with Crippen LogP contribution in [0.25, 0.3) is 10.9 Å². The molecule has 2 rings (SSSR count). The monoisotopic (exact) mass is 260 g/mol. The van der Waals surface area contributed by atoms with Crippen molar-refractivity contribution in [2.45, 2.75) is 20.3 Å². The molecule has 0 aliphatic heterocycles. The van der Waals surface area contributed by atoms with E-state index in [4.69, 9.17) is 4.74 Å². The van der Waals surface area contributed by atoms with E-state index in [0.29, 0.717) is 18.0 Å². The second-order valence-corrected chi connectivity index (χ2v) is 5.05. The van der Waals surface area contributed by atoms with Crippen LogP contribution in [0, 0.1) is 5.92 Å². The molecule has 19 heavy (non-hydrogen) atoms. The molecule has 0 unspecified atom stereocenters. The normalized spacial score (nSPS) is 10.9. The van der Waals surface area contributed by atoms with Crippen LogP contribution in [0.5, 0.6) is 5.75 Å². The summed E-state index contributed by atoms with van der Waals surface area (Å²) < 4.78 is 5.16. The van der Waals surface area contributed by atoms with Crippen LogP contribution in [-0.2, 0) is 0 Å². The fraction of sp³-hybridized carbons (Fsp3) is 0.400. The summed E-state index contributed by atoms with van der Waals surface area (Å²) in [5.41, 5.74) is 1.59. The number of aromatic amines is 1. The van der Waals surface area contributed by atoms with E-state index < -0.39 is 0 Å². The topological polar surface area (TPSA) is 54.1 Å². The molecule has 2 N–H and O–H groups in total. The van der Waals surface area contributed by atoms with Crippen molar-refractivity contribution in [3.05, 3.63) is 30.0 Å². The molecule has 0 saturated heterocycles. The third-order valence-corrected chi connectivity index (χ3v) is 3.14. The van der Waals surface area contributed by atoms with Crippen LogP contribution in [-0.4, -0.2) is 24.5 Å². The highest BCUT2D eigenvalue weighted by Crippen LogP contribution is 2.23. The molecule has 0 aliphatic carbocycles. The van der Waals surface area contributed by atoms with Crippen LogP contribution in [0.2, 0.25) is 0 Å². The van der Waals surface area contributed by atoms with Crippen LogP contribution in [0.4, 0.5) is 0 Å². The molecule has 0 atom stereocenters. The average Bonchev–Trinajstić information content (AvgIpc) is 2.80. The maximum atomic E-state index is 12.1. The van der Waals surface area contributed by atoms with E-state index in [1.165, 1.54) is 0 Å². The van der Waals surface area contributed by atoms with Gasteiger partial charge in [0.2, 0.25) is 0 Å². The van der Waals surface area contributed by atoms with Gasteiger partial charge in [0.15, 0.2) is 0 Å². The molecule has 102 valence electrons. The number of carbonyl (C=O) groups is 1. The van der Waals surface area contributed by atoms with Gasteiger partial charge >= 0.3 is 0 Å². The predicted molar refractivity (Wildman–Crippen MR) is 76.6 cm³/mol. The first kappa shape index (κ1) is 13.5. The predicted octanol–water partition coefficient (Wildman–Crippen LogP) is 2.95. The van der Waals surface area contributed by atoms with Gasteiger partial charge in [-0.2, -0.15) is 0 Å². The summed E-state index contributed by atoms with van der Waals surface area (Å²) in [4.78, 5) is 15.2. The van der Waals surface area contributed by atoms with Gasteiger partial charge in [-0.1, -0.05) is 13.8 Å². The number of methoxy groups -OCH3 is 1. The van der Waals surface area contributed by atoms with Gasteiger partial charge in [-0.25, -0.2) is 0 Å². The van der Waals surface area contributed by atoms with Crippen LogP contribution in [0.15, 0.2) is 24.4 Å². The van der Waals surface area contributed by atoms with Crippen molar-refractivity contribution in [3.8, 4) is 5.75 Å². The summed E-state index contributed by atoms with van der Waals surface area (Å²) in [6, 6.07) is 5.66. The van der Waals surface area contributed by atoms with Crippen molar-refractivity contribution in [1.82, 2.24) is 10.3 Å². The Balaban J connectivity index is 2.14. The lowest BCUT2D eigenvalue weighted by Crippen LogP contribution is -2.25. The molecular weight excluding hydrogens is 240 g/mol. The van der Waals surface area contributed by atoms with E-state index in [1.807, 2.05) is 18.2 Å². The van der Waals surface area contributed by atoms with Gasteiger partial charge in [0, 0.05) is 29.7 Å². The van der Waals surface area contributed by atoms with Crippen molar-refractivity contribution >= 4 is 16.8 Å². The number of hydrogen-bond donors (Lipinski definition) is 2. The van der Waals surface area contributed by atoms with Crippen molar-refractivity contribution in [3.63, 3.8) is 0 Å². The zero-order valence-corrected chi connectivity index (χ0v) is 11.6. The molecule has 1 aromatic heterocycles. The number of fused-ring (bicyclic) bond motifs is 1. The molecular formula is C15H20N2O2. The van der Waals surface area contributed by atoms with E-state index >= 15 is 0 Å². The van der Waals surface area contributed by atoms with Crippen LogP contribution >= 0.6 is 0 Å². The first-order chi connectivity index (χ1) is 9.11. The third kappa shape index (κ3) is 3.08. The van der Waals surface area contributed by atoms with Gasteiger partial charge in [-0.15, -0.1) is 0 Å². The lowest BCUT2D eigenvalue weighted by Gasteiger charge is -2.06. The van der Waals surface area contributed by atoms with Gasteiger partial charge < -0.3 is 15.0 Å². The van der Waals surface area contributed by atoms with E-state index in [1.54, 1.807) is 13.3 Å². The van der Waals surface area contributed by atoms with Gasteiger partial charge in [-0.05, 0) is 24.5 Å². The molecule has 0 fully saturated rings. The second-order valence-electron chi connectivity index (χ2n) is 5.05. The van der Waals surface area contributed by atoms with E-state index in [9.17, 15) is 4.79 Å². The molecule has 0 aliphatic rings. The summed E-state index contributed by atoms with van der Waals surface area (Å²) in [7, 11) is 1.63. The van der Waals surface area contributed by atoms with Gasteiger partial charge in [0.1, 0.15) is 5.75 Å². The number of rotatable bonds is 5. The lowest BCUT2D eigenvalue weighted by molar-refractivity contribution is 0.0953. The molecule has 4 nitrogen and oxygen atoms in total. The first-order valence-electron chi connectivity index (χ1n) is 6.55. The lowest BCUT2D eigenvalue weighted by atomic mass is 10.1. The minimum absolute atomic E-state index is 0.0305. The Labute approximate surface area is 113 Å². The van der Waals surface area contributed by atoms with Crippen LogP contribution in [0.3, 0.4) is 0 Å². The van der Waals surface area contributed by atoms with Crippen molar-refractivity contribution in [2.75, 3.05) is 13.7 Å². The van der Waals surface area contributed by atoms with Gasteiger partial charge in [0.25, 0.3) is 5.91 Å². The van der Waals surface area contributed by atoms with Gasteiger partial charge in [0.05, 0.1) is 12.7 Å². The molecule has 0 spiro atoms. The number of benzene rings is 1. The third-order valence-electron chi connectivity index (χ3n) is 3.14. The highest BCUT2D eigenvalue weighted by Gasteiger charge is 2.12. The number of H-pyrrole nitrogens is 1. The van der Waals surface area contributed by atoms with E-state index in [-0.39, 0.29) is 5.91 Å². The van der Waals surface area contributed by atoms with Gasteiger partial charge in [-0.3, -0.25) is 4.79 Å². The number of nitrogens with one attached hydrogen (secondary N) is 2. The molecule has 1 amide bonds. The minimum atomic E-state index is -0.0305. The number of amides is 1. The fourth-order valence-corrected chi connectivity index (χ4v) is 1.99. The highest BCUT2D eigenvalue weighted by atomic mass is 16.5. The average molecular weight is 260 g/mol. The molecule has 0 saturated carbocycles. The summed E-state index contributed by atoms with van der Waals surface area (Å²) in [6.45, 7) is 4.99. The number of carbonyl (C=O) groups excluding carboxylic acids is 1. The Kier molecular flexibility index (Phi) is 4.10. The quantitative estimate of drug-likeness (QED) is 0.868. The number of ether oxygens (including phenoxy) is 1. The summed E-state index contributed by atoms with van der Waals surface area (Å²) in [5.74, 6) is 1.34. The molecule has 4 heteroatoms. The van der Waals surface area contributed by atoms with Crippen molar-refractivity contribution < 1.29 is 9.53 Å². The Bertz CT molecular complexity index is 573. The van der Waals surface area contributed by atoms with Crippen molar-refractivity contribution in [2.24, 2.45) is 5.92 Å². The van der Waals surface area contributed by atoms with E-state index in [0.717, 1.165) is 23.1 Å². The highest BCUT2D eigenvalue weighted by molar-refractivity contribution is 6.06. The number of aromatic nitrogens is 1. The Morgan fingerprint density at radius 2 is 2.21 bits per heavy atom. The number of hydrogen-bond acceptors (Lipinski definition) is 2. The zero-order valence-electron chi connectivity index (χ0n) is 11.6. The van der Waals surface area contributed by atoms with Crippen molar-refractivity contribution in [1.29, 1.82) is 0 Å². The Morgan fingerprint density at radius 1 is 1.42 bits per heavy atom. The summed E-state index contributed by atoms with van der Waals surface area (Å²) in [5, 5.41) is 3.87. The first-order valence-corrected chi connectivity index (χ1v) is 6.55. The van der Waals surface area contributed by atoms with E-state index in [2.05, 4.69) is 24.1 Å². The summed E-state index contributed by atoms with van der Waals surface area (Å²) in [6.07, 6.45) is 2.73. The Morgan fingerprint density at radius 3 is 2.89 bits per heavy atom. The largest absolute Gasteiger partial charge is 0.497 e. The maximum absolute atomic E-state index is 12.1. The molecule has 1 heterocycles. The fourth-order valence-electron chi connectivity index (χ4n) is 1.99. The minimum Gasteiger partial charge on any atom is -0.497 e. The molecule has 1 aromatic carbocycles. The second kappa shape index (κ2) is 5.78.